The number of ether oxygens (including phenoxy) is 2. The van der Waals surface area contributed by atoms with E-state index in [0.717, 1.165) is 27.4 Å². The lowest BCUT2D eigenvalue weighted by atomic mass is 10.2. The molecular weight excluding hydrogens is 630 g/mol. The zero-order valence-electron chi connectivity index (χ0n) is 17.4. The third kappa shape index (κ3) is 8.34. The third-order valence-corrected chi connectivity index (χ3v) is 5.90. The molecule has 2 aromatic carbocycles. The first kappa shape index (κ1) is 26.6. The highest BCUT2D eigenvalue weighted by molar-refractivity contribution is 9.11. The number of hydrazine groups is 1. The molecule has 0 saturated carbocycles. The van der Waals surface area contributed by atoms with Gasteiger partial charge in [-0.3, -0.25) is 25.8 Å². The Hall–Kier alpha value is -1.69. The van der Waals surface area contributed by atoms with Gasteiger partial charge in [-0.05, 0) is 93.3 Å². The third-order valence-electron chi connectivity index (χ3n) is 4.03. The maximum atomic E-state index is 12.4. The molecule has 11 heteroatoms. The van der Waals surface area contributed by atoms with E-state index in [1.807, 2.05) is 19.1 Å². The molecule has 2 aromatic rings. The van der Waals surface area contributed by atoms with E-state index in [1.54, 1.807) is 18.2 Å². The minimum absolute atomic E-state index is 0.0521. The molecular formula is C21H22Br3N3O4S. The quantitative estimate of drug-likeness (QED) is 0.207. The summed E-state index contributed by atoms with van der Waals surface area (Å²) in [5.41, 5.74) is 6.11. The van der Waals surface area contributed by atoms with Gasteiger partial charge in [-0.1, -0.05) is 29.3 Å². The van der Waals surface area contributed by atoms with Crippen molar-refractivity contribution < 1.29 is 19.1 Å². The lowest BCUT2D eigenvalue weighted by Gasteiger charge is -2.14. The Balaban J connectivity index is 1.80. The average molecular weight is 652 g/mol. The molecule has 2 amide bonds. The number of halogens is 3. The van der Waals surface area contributed by atoms with Crippen LogP contribution in [0.15, 0.2) is 43.7 Å². The van der Waals surface area contributed by atoms with Gasteiger partial charge in [0.15, 0.2) is 11.7 Å². The number of hydrogen-bond acceptors (Lipinski definition) is 5. The van der Waals surface area contributed by atoms with Gasteiger partial charge in [0.05, 0.1) is 15.6 Å². The Morgan fingerprint density at radius 2 is 1.78 bits per heavy atom. The number of nitrogens with one attached hydrogen (secondary N) is 3. The zero-order valence-corrected chi connectivity index (χ0v) is 23.0. The molecule has 32 heavy (non-hydrogen) atoms. The van der Waals surface area contributed by atoms with Crippen molar-refractivity contribution in [1.29, 1.82) is 0 Å². The lowest BCUT2D eigenvalue weighted by Crippen LogP contribution is -2.49. The highest BCUT2D eigenvalue weighted by atomic mass is 79.9. The fraction of sp³-hybridized carbons (Fsp3) is 0.286. The van der Waals surface area contributed by atoms with Gasteiger partial charge in [-0.25, -0.2) is 0 Å². The molecule has 0 aliphatic carbocycles. The van der Waals surface area contributed by atoms with E-state index in [9.17, 15) is 9.59 Å². The molecule has 0 unspecified atom stereocenters. The number of carbonyl (C=O) groups excluding carboxylic acids is 2. The van der Waals surface area contributed by atoms with Crippen LogP contribution in [-0.2, 0) is 4.79 Å². The highest BCUT2D eigenvalue weighted by Crippen LogP contribution is 2.32. The minimum atomic E-state index is -0.466. The number of benzene rings is 2. The van der Waals surface area contributed by atoms with Gasteiger partial charge in [-0.15, -0.1) is 0 Å². The zero-order chi connectivity index (χ0) is 23.7. The van der Waals surface area contributed by atoms with Crippen molar-refractivity contribution >= 4 is 76.9 Å². The van der Waals surface area contributed by atoms with Crippen LogP contribution in [0.5, 0.6) is 11.5 Å². The van der Waals surface area contributed by atoms with Crippen molar-refractivity contribution in [1.82, 2.24) is 16.2 Å². The summed E-state index contributed by atoms with van der Waals surface area (Å²) in [4.78, 5) is 24.4. The molecule has 7 nitrogen and oxygen atoms in total. The molecule has 0 aliphatic rings. The fourth-order valence-electron chi connectivity index (χ4n) is 2.46. The molecule has 2 rings (SSSR count). The lowest BCUT2D eigenvalue weighted by molar-refractivity contribution is -0.123. The highest BCUT2D eigenvalue weighted by Gasteiger charge is 2.13. The Bertz CT molecular complexity index is 981. The number of hydrogen-bond donors (Lipinski definition) is 3. The second-order valence-electron chi connectivity index (χ2n) is 6.63. The van der Waals surface area contributed by atoms with Crippen molar-refractivity contribution in [3.8, 4) is 11.5 Å². The molecule has 0 aliphatic heterocycles. The first-order valence-electron chi connectivity index (χ1n) is 9.62. The Kier molecular flexibility index (Phi) is 10.9. The largest absolute Gasteiger partial charge is 0.492 e. The van der Waals surface area contributed by atoms with Crippen LogP contribution in [0.25, 0.3) is 0 Å². The average Bonchev–Trinajstić information content (AvgIpc) is 2.72. The molecule has 3 N–H and O–H groups in total. The Morgan fingerprint density at radius 1 is 1.03 bits per heavy atom. The van der Waals surface area contributed by atoms with Crippen LogP contribution in [0.1, 0.15) is 35.7 Å². The molecule has 0 fully saturated rings. The summed E-state index contributed by atoms with van der Waals surface area (Å²) in [7, 11) is 0. The van der Waals surface area contributed by atoms with Crippen LogP contribution in [0, 0.1) is 6.92 Å². The van der Waals surface area contributed by atoms with Crippen LogP contribution >= 0.6 is 60.0 Å². The van der Waals surface area contributed by atoms with E-state index in [1.165, 1.54) is 0 Å². The van der Waals surface area contributed by atoms with Gasteiger partial charge in [0, 0.05) is 10.0 Å². The van der Waals surface area contributed by atoms with Gasteiger partial charge in [0.25, 0.3) is 11.8 Å². The number of carbonyl (C=O) groups is 2. The van der Waals surface area contributed by atoms with Crippen molar-refractivity contribution in [2.75, 3.05) is 13.2 Å². The van der Waals surface area contributed by atoms with Crippen molar-refractivity contribution in [3.63, 3.8) is 0 Å². The maximum absolute atomic E-state index is 12.4. The second-order valence-corrected chi connectivity index (χ2v) is 9.66. The monoisotopic (exact) mass is 649 g/mol. The van der Waals surface area contributed by atoms with Gasteiger partial charge in [-0.2, -0.15) is 0 Å². The van der Waals surface area contributed by atoms with E-state index < -0.39 is 11.8 Å². The van der Waals surface area contributed by atoms with Crippen molar-refractivity contribution in [2.24, 2.45) is 0 Å². The van der Waals surface area contributed by atoms with E-state index in [4.69, 9.17) is 21.7 Å². The summed E-state index contributed by atoms with van der Waals surface area (Å²) in [6.45, 7) is 4.32. The first-order chi connectivity index (χ1) is 15.2. The summed E-state index contributed by atoms with van der Waals surface area (Å²) in [6.07, 6.45) is 1.98. The van der Waals surface area contributed by atoms with Crippen LogP contribution in [-0.4, -0.2) is 30.1 Å². The van der Waals surface area contributed by atoms with E-state index in [2.05, 4.69) is 70.9 Å². The molecule has 172 valence electrons. The first-order valence-corrected chi connectivity index (χ1v) is 12.4. The summed E-state index contributed by atoms with van der Waals surface area (Å²) < 4.78 is 13.5. The number of thiocarbonyl (C=S) groups is 1. The maximum Gasteiger partial charge on any atom is 0.276 e. The van der Waals surface area contributed by atoms with Crippen LogP contribution < -0.4 is 25.6 Å². The summed E-state index contributed by atoms with van der Waals surface area (Å²) in [5.74, 6) is 0.331. The number of rotatable bonds is 8. The molecule has 0 spiro atoms. The van der Waals surface area contributed by atoms with Gasteiger partial charge in [0.1, 0.15) is 11.5 Å². The molecule has 0 bridgehead atoms. The van der Waals surface area contributed by atoms with Gasteiger partial charge >= 0.3 is 0 Å². The topological polar surface area (TPSA) is 88.7 Å². The summed E-state index contributed by atoms with van der Waals surface area (Å²) in [6, 6.07) is 8.69. The standard InChI is InChI=1S/C21H22Br3N3O4S/c1-3-4-7-30-17-6-5-13(9-15(17)23)20(29)25-21(32)27-26-18(28)11-31-19-12(2)8-14(22)10-16(19)24/h5-6,8-10H,3-4,7,11H2,1-2H3,(H,26,28)(H2,25,27,29,32). The fourth-order valence-corrected chi connectivity index (χ4v) is 4.65. The number of unbranched alkanes of at least 4 members (excludes halogenated alkanes) is 1. The normalized spacial score (nSPS) is 10.3. The SMILES string of the molecule is CCCCOc1ccc(C(=O)NC(=S)NNC(=O)COc2c(C)cc(Br)cc2Br)cc1Br. The number of amides is 2. The summed E-state index contributed by atoms with van der Waals surface area (Å²) in [5, 5.41) is 2.45. The van der Waals surface area contributed by atoms with E-state index in [-0.39, 0.29) is 11.7 Å². The Labute approximate surface area is 217 Å². The molecule has 0 aromatic heterocycles. The molecule has 0 heterocycles. The van der Waals surface area contributed by atoms with Crippen LogP contribution in [0.2, 0.25) is 0 Å². The molecule has 0 atom stereocenters. The predicted molar refractivity (Wildman–Crippen MR) is 138 cm³/mol. The predicted octanol–water partition coefficient (Wildman–Crippen LogP) is 5.18. The molecule has 0 saturated heterocycles. The van der Waals surface area contributed by atoms with E-state index in [0.29, 0.717) is 28.1 Å². The minimum Gasteiger partial charge on any atom is -0.492 e. The van der Waals surface area contributed by atoms with Crippen LogP contribution in [0.3, 0.4) is 0 Å². The second kappa shape index (κ2) is 13.1. The van der Waals surface area contributed by atoms with Gasteiger partial charge < -0.3 is 9.47 Å². The smallest absolute Gasteiger partial charge is 0.276 e. The number of aryl methyl sites for hydroxylation is 1. The van der Waals surface area contributed by atoms with Crippen LogP contribution in [0.4, 0.5) is 0 Å². The summed E-state index contributed by atoms with van der Waals surface area (Å²) >= 11 is 15.3. The van der Waals surface area contributed by atoms with Gasteiger partial charge in [0.2, 0.25) is 0 Å². The van der Waals surface area contributed by atoms with E-state index >= 15 is 0 Å². The van der Waals surface area contributed by atoms with Crippen molar-refractivity contribution in [3.05, 3.63) is 54.9 Å². The Morgan fingerprint density at radius 3 is 2.44 bits per heavy atom. The molecule has 0 radical (unpaired) electrons. The van der Waals surface area contributed by atoms with Crippen molar-refractivity contribution in [2.45, 2.75) is 26.7 Å².